The summed E-state index contributed by atoms with van der Waals surface area (Å²) in [7, 11) is 1.31. The van der Waals surface area contributed by atoms with Crippen molar-refractivity contribution in [3.63, 3.8) is 0 Å². The van der Waals surface area contributed by atoms with Gasteiger partial charge in [0, 0.05) is 62.6 Å². The second-order valence-electron chi connectivity index (χ2n) is 15.4. The van der Waals surface area contributed by atoms with Crippen molar-refractivity contribution in [1.29, 1.82) is 0 Å². The number of carbonyl (C=O) groups is 4. The van der Waals surface area contributed by atoms with Gasteiger partial charge < -0.3 is 20.3 Å². The van der Waals surface area contributed by atoms with Gasteiger partial charge in [0.15, 0.2) is 5.82 Å². The van der Waals surface area contributed by atoms with Crippen LogP contribution in [0.1, 0.15) is 52.0 Å². The SMILES string of the molecule is COc1cc(N2CCN(C3CCN(Cc4cc(F)c5c(c4)C(=O)N(C4CCC(=O)NC4=O)C5=O)CC3)CC2)ccc1Nc1ncc(Cl)c(Nc2ccccc2P(C)C)n1. The third-order valence-corrected chi connectivity index (χ3v) is 13.2. The molecule has 3 aromatic carbocycles. The van der Waals surface area contributed by atoms with Crippen molar-refractivity contribution in [1.82, 2.24) is 30.0 Å². The lowest BCUT2D eigenvalue weighted by Gasteiger charge is -2.43. The number of nitrogens with one attached hydrogen (secondary N) is 3. The number of methoxy groups -OCH3 is 1. The first-order chi connectivity index (χ1) is 28.5. The zero-order chi connectivity index (χ0) is 41.4. The molecule has 17 heteroatoms. The number of benzene rings is 3. The number of anilines is 5. The lowest BCUT2D eigenvalue weighted by atomic mass is 10.00. The summed E-state index contributed by atoms with van der Waals surface area (Å²) in [6, 6.07) is 16.4. The van der Waals surface area contributed by atoms with Crippen molar-refractivity contribution >= 4 is 77.3 Å². The van der Waals surface area contributed by atoms with Crippen molar-refractivity contribution in [2.75, 3.05) is 75.2 Å². The Morgan fingerprint density at radius 2 is 1.68 bits per heavy atom. The van der Waals surface area contributed by atoms with Gasteiger partial charge in [-0.25, -0.2) is 9.37 Å². The Labute approximate surface area is 348 Å². The van der Waals surface area contributed by atoms with Crippen LogP contribution >= 0.6 is 19.5 Å². The van der Waals surface area contributed by atoms with Crippen LogP contribution in [0.4, 0.5) is 33.2 Å². The Morgan fingerprint density at radius 1 is 0.915 bits per heavy atom. The third-order valence-electron chi connectivity index (χ3n) is 11.5. The number of halogens is 2. The number of para-hydroxylation sites is 1. The van der Waals surface area contributed by atoms with Crippen LogP contribution in [-0.2, 0) is 16.1 Å². The molecule has 1 atom stereocenters. The van der Waals surface area contributed by atoms with Crippen LogP contribution in [0.15, 0.2) is 60.8 Å². The molecule has 1 unspecified atom stereocenters. The predicted octanol–water partition coefficient (Wildman–Crippen LogP) is 5.32. The Balaban J connectivity index is 0.840. The Morgan fingerprint density at radius 3 is 2.41 bits per heavy atom. The molecular weight excluding hydrogens is 796 g/mol. The smallest absolute Gasteiger partial charge is 0.265 e. The number of rotatable bonds is 11. The zero-order valence-electron chi connectivity index (χ0n) is 33.1. The number of hydrogen-bond acceptors (Lipinski definition) is 12. The Kier molecular flexibility index (Phi) is 11.8. The molecule has 4 aliphatic rings. The first kappa shape index (κ1) is 40.6. The van der Waals surface area contributed by atoms with E-state index in [2.05, 4.69) is 66.1 Å². The van der Waals surface area contributed by atoms with Gasteiger partial charge in [-0.15, -0.1) is 0 Å². The number of piperazine rings is 1. The Bertz CT molecular complexity index is 2300. The van der Waals surface area contributed by atoms with Crippen molar-refractivity contribution in [3.05, 3.63) is 88.3 Å². The van der Waals surface area contributed by atoms with E-state index in [4.69, 9.17) is 16.3 Å². The molecule has 8 rings (SSSR count). The van der Waals surface area contributed by atoms with Crippen molar-refractivity contribution in [2.45, 2.75) is 44.3 Å². The molecule has 3 N–H and O–H groups in total. The minimum absolute atomic E-state index is 0.00265. The fraction of sp³-hybridized carbons (Fsp3) is 0.381. The number of ether oxygens (including phenoxy) is 1. The summed E-state index contributed by atoms with van der Waals surface area (Å²) in [5.41, 5.74) is 3.02. The maximum absolute atomic E-state index is 15.4. The van der Waals surface area contributed by atoms with Gasteiger partial charge in [-0.2, -0.15) is 4.98 Å². The number of fused-ring (bicyclic) bond motifs is 1. The monoisotopic (exact) mass is 841 g/mol. The number of nitrogens with zero attached hydrogens (tertiary/aromatic N) is 6. The molecule has 59 heavy (non-hydrogen) atoms. The molecule has 3 fully saturated rings. The van der Waals surface area contributed by atoms with Gasteiger partial charge in [0.1, 0.15) is 22.6 Å². The first-order valence-corrected chi connectivity index (χ1v) is 22.3. The highest BCUT2D eigenvalue weighted by Crippen LogP contribution is 2.35. The van der Waals surface area contributed by atoms with Crippen LogP contribution in [-0.4, -0.2) is 120 Å². The van der Waals surface area contributed by atoms with Gasteiger partial charge in [-0.1, -0.05) is 37.7 Å². The summed E-state index contributed by atoms with van der Waals surface area (Å²) in [5, 5.41) is 10.5. The summed E-state index contributed by atoms with van der Waals surface area (Å²) in [4.78, 5) is 67.5. The highest BCUT2D eigenvalue weighted by Gasteiger charge is 2.46. The average molecular weight is 842 g/mol. The fourth-order valence-corrected chi connectivity index (χ4v) is 9.59. The number of aromatic nitrogens is 2. The normalized spacial score (nSPS) is 19.3. The Hall–Kier alpha value is -5.21. The molecule has 0 aliphatic carbocycles. The van der Waals surface area contributed by atoms with Crippen LogP contribution in [0, 0.1) is 5.82 Å². The molecule has 0 saturated carbocycles. The van der Waals surface area contributed by atoms with Gasteiger partial charge in [0.25, 0.3) is 11.8 Å². The van der Waals surface area contributed by atoms with Gasteiger partial charge in [0.05, 0.1) is 30.1 Å². The van der Waals surface area contributed by atoms with E-state index in [0.717, 1.165) is 74.1 Å². The largest absolute Gasteiger partial charge is 0.494 e. The minimum Gasteiger partial charge on any atom is -0.494 e. The van der Waals surface area contributed by atoms with E-state index in [-0.39, 0.29) is 31.9 Å². The van der Waals surface area contributed by atoms with Crippen molar-refractivity contribution in [3.8, 4) is 5.75 Å². The van der Waals surface area contributed by atoms with E-state index in [9.17, 15) is 19.2 Å². The summed E-state index contributed by atoms with van der Waals surface area (Å²) in [6.45, 7) is 10.0. The van der Waals surface area contributed by atoms with Crippen molar-refractivity contribution in [2.24, 2.45) is 0 Å². The second kappa shape index (κ2) is 17.2. The number of amides is 4. The number of hydrogen-bond donors (Lipinski definition) is 3. The molecule has 5 heterocycles. The molecular formula is C42H46ClFN9O5P. The molecule has 4 amide bonds. The van der Waals surface area contributed by atoms with Crippen molar-refractivity contribution < 1.29 is 28.3 Å². The second-order valence-corrected chi connectivity index (χ2v) is 18.1. The van der Waals surface area contributed by atoms with E-state index in [1.807, 2.05) is 30.3 Å². The third kappa shape index (κ3) is 8.47. The molecule has 14 nitrogen and oxygen atoms in total. The van der Waals surface area contributed by atoms with Crippen LogP contribution in [0.2, 0.25) is 5.02 Å². The van der Waals surface area contributed by atoms with Crippen LogP contribution < -0.4 is 30.9 Å². The maximum Gasteiger partial charge on any atom is 0.265 e. The van der Waals surface area contributed by atoms with Crippen LogP contribution in [0.3, 0.4) is 0 Å². The van der Waals surface area contributed by atoms with E-state index in [0.29, 0.717) is 40.7 Å². The summed E-state index contributed by atoms with van der Waals surface area (Å²) >= 11 is 6.51. The molecule has 0 spiro atoms. The predicted molar refractivity (Wildman–Crippen MR) is 227 cm³/mol. The summed E-state index contributed by atoms with van der Waals surface area (Å²) in [5.74, 6) is -1.93. The van der Waals surface area contributed by atoms with E-state index < -0.39 is 35.5 Å². The summed E-state index contributed by atoms with van der Waals surface area (Å²) < 4.78 is 21.2. The van der Waals surface area contributed by atoms with E-state index in [1.165, 1.54) is 11.4 Å². The van der Waals surface area contributed by atoms with Gasteiger partial charge >= 0.3 is 0 Å². The highest BCUT2D eigenvalue weighted by atomic mass is 35.5. The summed E-state index contributed by atoms with van der Waals surface area (Å²) in [6.07, 6.45) is 3.51. The molecule has 3 saturated heterocycles. The lowest BCUT2D eigenvalue weighted by Crippen LogP contribution is -2.54. The molecule has 4 aliphatic heterocycles. The topological polar surface area (TPSA) is 152 Å². The number of carbonyl (C=O) groups excluding carboxylic acids is 4. The van der Waals surface area contributed by atoms with Gasteiger partial charge in [0.2, 0.25) is 17.8 Å². The standard InChI is InChI=1S/C42H46ClFN9O5P/c1-58-34-22-27(8-9-31(34)47-42-45-23-29(43)38(49-42)46-32-6-4-5-7-35(32)59(2)3)52-18-16-51(17-19-52)26-12-14-50(15-13-26)24-25-20-28-37(30(44)21-25)41(57)53(40(28)56)33-10-11-36(54)48-39(33)55/h4-9,20-23,26,33H,10-19,24H2,1-3H3,(H,48,54,55)(H2,45,46,47,49). The zero-order valence-corrected chi connectivity index (χ0v) is 34.8. The quantitative estimate of drug-likeness (QED) is 0.133. The van der Waals surface area contributed by atoms with E-state index in [1.54, 1.807) is 19.4 Å². The lowest BCUT2D eigenvalue weighted by molar-refractivity contribution is -0.136. The first-order valence-electron chi connectivity index (χ1n) is 19.7. The highest BCUT2D eigenvalue weighted by molar-refractivity contribution is 7.64. The number of piperidine rings is 2. The minimum atomic E-state index is -1.14. The van der Waals surface area contributed by atoms with Crippen LogP contribution in [0.5, 0.6) is 5.75 Å². The number of likely N-dealkylation sites (tertiary alicyclic amines) is 1. The fourth-order valence-electron chi connectivity index (χ4n) is 8.45. The molecule has 0 bridgehead atoms. The molecule has 0 radical (unpaired) electrons. The average Bonchev–Trinajstić information content (AvgIpc) is 3.48. The van der Waals surface area contributed by atoms with Crippen LogP contribution in [0.25, 0.3) is 0 Å². The molecule has 4 aromatic rings. The van der Waals surface area contributed by atoms with Gasteiger partial charge in [-0.05, 0) is 86.9 Å². The molecule has 1 aromatic heterocycles. The number of imide groups is 2. The molecule has 308 valence electrons. The maximum atomic E-state index is 15.4. The van der Waals surface area contributed by atoms with Gasteiger partial charge in [-0.3, -0.25) is 39.2 Å². The van der Waals surface area contributed by atoms with E-state index >= 15 is 4.39 Å².